The summed E-state index contributed by atoms with van der Waals surface area (Å²) in [6, 6.07) is 21.0. The van der Waals surface area contributed by atoms with Gasteiger partial charge in [-0.1, -0.05) is 30.3 Å². The van der Waals surface area contributed by atoms with Gasteiger partial charge in [0.25, 0.3) is 0 Å². The van der Waals surface area contributed by atoms with Crippen LogP contribution in [0.2, 0.25) is 0 Å². The van der Waals surface area contributed by atoms with E-state index in [4.69, 9.17) is 4.74 Å². The molecule has 0 atom stereocenters. The predicted octanol–water partition coefficient (Wildman–Crippen LogP) is 4.39. The van der Waals surface area contributed by atoms with Crippen LogP contribution in [0.1, 0.15) is 22.5 Å². The van der Waals surface area contributed by atoms with Crippen molar-refractivity contribution in [2.75, 3.05) is 7.11 Å². The van der Waals surface area contributed by atoms with Crippen molar-refractivity contribution >= 4 is 0 Å². The highest BCUT2D eigenvalue weighted by molar-refractivity contribution is 5.43. The summed E-state index contributed by atoms with van der Waals surface area (Å²) in [6.45, 7) is 6.08. The lowest BCUT2D eigenvalue weighted by Crippen LogP contribution is -2.13. The van der Waals surface area contributed by atoms with E-state index in [0.29, 0.717) is 0 Å². The van der Waals surface area contributed by atoms with Gasteiger partial charge in [0, 0.05) is 30.2 Å². The van der Waals surface area contributed by atoms with Crippen molar-refractivity contribution in [1.29, 1.82) is 0 Å². The molecule has 3 nitrogen and oxygen atoms in total. The number of methoxy groups -OCH3 is 1. The predicted molar refractivity (Wildman–Crippen MR) is 98.8 cm³/mol. The second kappa shape index (κ2) is 7.37. The molecule has 3 aromatic rings. The van der Waals surface area contributed by atoms with Gasteiger partial charge in [-0.2, -0.15) is 0 Å². The van der Waals surface area contributed by atoms with Crippen molar-refractivity contribution in [3.63, 3.8) is 0 Å². The van der Waals surface area contributed by atoms with Gasteiger partial charge in [-0.05, 0) is 55.3 Å². The number of rotatable bonds is 6. The molecule has 0 fully saturated rings. The van der Waals surface area contributed by atoms with E-state index < -0.39 is 0 Å². The van der Waals surface area contributed by atoms with Gasteiger partial charge >= 0.3 is 0 Å². The standard InChI is InChI=1S/C21H24N2O/c1-16-13-19(15-22-14-18-7-5-4-6-8-18)17(2)23(16)20-9-11-21(24-3)12-10-20/h4-13,22H,14-15H2,1-3H3. The van der Waals surface area contributed by atoms with Crippen molar-refractivity contribution in [3.05, 3.63) is 83.2 Å². The highest BCUT2D eigenvalue weighted by Gasteiger charge is 2.10. The molecule has 24 heavy (non-hydrogen) atoms. The quantitative estimate of drug-likeness (QED) is 0.729. The number of hydrogen-bond donors (Lipinski definition) is 1. The molecule has 0 aliphatic heterocycles. The summed E-state index contributed by atoms with van der Waals surface area (Å²) in [5.74, 6) is 0.881. The lowest BCUT2D eigenvalue weighted by molar-refractivity contribution is 0.414. The molecular weight excluding hydrogens is 296 g/mol. The van der Waals surface area contributed by atoms with Crippen LogP contribution in [0.25, 0.3) is 5.69 Å². The van der Waals surface area contributed by atoms with Crippen molar-refractivity contribution in [2.24, 2.45) is 0 Å². The molecule has 0 aliphatic carbocycles. The SMILES string of the molecule is COc1ccc(-n2c(C)cc(CNCc3ccccc3)c2C)cc1. The van der Waals surface area contributed by atoms with Crippen LogP contribution in [0.5, 0.6) is 5.75 Å². The van der Waals surface area contributed by atoms with E-state index in [0.717, 1.165) is 18.8 Å². The molecule has 0 saturated heterocycles. The number of benzene rings is 2. The van der Waals surface area contributed by atoms with E-state index >= 15 is 0 Å². The average Bonchev–Trinajstić information content (AvgIpc) is 2.90. The van der Waals surface area contributed by atoms with Gasteiger partial charge in [-0.15, -0.1) is 0 Å². The molecule has 0 bridgehead atoms. The molecular formula is C21H24N2O. The molecule has 1 N–H and O–H groups in total. The Morgan fingerprint density at radius 2 is 1.62 bits per heavy atom. The number of aromatic nitrogens is 1. The zero-order chi connectivity index (χ0) is 16.9. The van der Waals surface area contributed by atoms with Gasteiger partial charge in [-0.25, -0.2) is 0 Å². The minimum atomic E-state index is 0.866. The Labute approximate surface area is 143 Å². The van der Waals surface area contributed by atoms with Crippen LogP contribution in [0, 0.1) is 13.8 Å². The van der Waals surface area contributed by atoms with Crippen molar-refractivity contribution in [3.8, 4) is 11.4 Å². The van der Waals surface area contributed by atoms with Gasteiger partial charge in [0.1, 0.15) is 5.75 Å². The number of ether oxygens (including phenoxy) is 1. The molecule has 3 rings (SSSR count). The Hall–Kier alpha value is -2.52. The third kappa shape index (κ3) is 3.52. The first-order valence-corrected chi connectivity index (χ1v) is 8.26. The maximum atomic E-state index is 5.25. The van der Waals surface area contributed by atoms with Crippen molar-refractivity contribution in [2.45, 2.75) is 26.9 Å². The van der Waals surface area contributed by atoms with Crippen LogP contribution in [-0.2, 0) is 13.1 Å². The molecule has 2 aromatic carbocycles. The van der Waals surface area contributed by atoms with Crippen LogP contribution < -0.4 is 10.1 Å². The van der Waals surface area contributed by atoms with Gasteiger partial charge in [0.15, 0.2) is 0 Å². The molecule has 3 heteroatoms. The van der Waals surface area contributed by atoms with E-state index in [1.165, 1.54) is 28.2 Å². The lowest BCUT2D eigenvalue weighted by Gasteiger charge is -2.11. The number of nitrogens with one attached hydrogen (secondary N) is 1. The van der Waals surface area contributed by atoms with Crippen LogP contribution in [0.3, 0.4) is 0 Å². The van der Waals surface area contributed by atoms with E-state index in [9.17, 15) is 0 Å². The fourth-order valence-corrected chi connectivity index (χ4v) is 3.07. The fourth-order valence-electron chi connectivity index (χ4n) is 3.07. The highest BCUT2D eigenvalue weighted by Crippen LogP contribution is 2.22. The summed E-state index contributed by atoms with van der Waals surface area (Å²) in [6.07, 6.45) is 0. The Kier molecular flexibility index (Phi) is 5.02. The first-order chi connectivity index (χ1) is 11.7. The minimum absolute atomic E-state index is 0.866. The normalized spacial score (nSPS) is 10.8. The van der Waals surface area contributed by atoms with Crippen LogP contribution in [0.4, 0.5) is 0 Å². The molecule has 124 valence electrons. The monoisotopic (exact) mass is 320 g/mol. The second-order valence-corrected chi connectivity index (χ2v) is 6.02. The fraction of sp³-hybridized carbons (Fsp3) is 0.238. The number of aryl methyl sites for hydroxylation is 1. The molecule has 1 heterocycles. The average molecular weight is 320 g/mol. The molecule has 1 aromatic heterocycles. The summed E-state index contributed by atoms with van der Waals surface area (Å²) in [5.41, 5.74) is 6.33. The number of hydrogen-bond acceptors (Lipinski definition) is 2. The smallest absolute Gasteiger partial charge is 0.119 e. The third-order valence-electron chi connectivity index (χ3n) is 4.35. The number of nitrogens with zero attached hydrogens (tertiary/aromatic N) is 1. The van der Waals surface area contributed by atoms with Crippen molar-refractivity contribution in [1.82, 2.24) is 9.88 Å². The highest BCUT2D eigenvalue weighted by atomic mass is 16.5. The van der Waals surface area contributed by atoms with E-state index in [-0.39, 0.29) is 0 Å². The molecule has 0 spiro atoms. The maximum absolute atomic E-state index is 5.25. The zero-order valence-corrected chi connectivity index (χ0v) is 14.5. The Morgan fingerprint density at radius 3 is 2.29 bits per heavy atom. The molecule has 0 unspecified atom stereocenters. The molecule has 0 radical (unpaired) electrons. The third-order valence-corrected chi connectivity index (χ3v) is 4.35. The maximum Gasteiger partial charge on any atom is 0.119 e. The first kappa shape index (κ1) is 16.3. The Morgan fingerprint density at radius 1 is 0.917 bits per heavy atom. The summed E-state index contributed by atoms with van der Waals surface area (Å²) < 4.78 is 7.54. The van der Waals surface area contributed by atoms with E-state index in [1.807, 2.05) is 18.2 Å². The van der Waals surface area contributed by atoms with E-state index in [1.54, 1.807) is 7.11 Å². The largest absolute Gasteiger partial charge is 0.497 e. The Bertz CT molecular complexity index is 789. The molecule has 0 aliphatic rings. The van der Waals surface area contributed by atoms with Crippen LogP contribution >= 0.6 is 0 Å². The zero-order valence-electron chi connectivity index (χ0n) is 14.5. The summed E-state index contributed by atoms with van der Waals surface area (Å²) in [5, 5.41) is 3.54. The lowest BCUT2D eigenvalue weighted by atomic mass is 10.2. The minimum Gasteiger partial charge on any atom is -0.497 e. The van der Waals surface area contributed by atoms with Crippen molar-refractivity contribution < 1.29 is 4.74 Å². The molecule has 0 amide bonds. The summed E-state index contributed by atoms with van der Waals surface area (Å²) in [4.78, 5) is 0. The molecule has 0 saturated carbocycles. The van der Waals surface area contributed by atoms with E-state index in [2.05, 4.69) is 66.2 Å². The van der Waals surface area contributed by atoms with Gasteiger partial charge in [-0.3, -0.25) is 0 Å². The summed E-state index contributed by atoms with van der Waals surface area (Å²) in [7, 11) is 1.69. The van der Waals surface area contributed by atoms with Gasteiger partial charge in [0.2, 0.25) is 0 Å². The first-order valence-electron chi connectivity index (χ1n) is 8.26. The second-order valence-electron chi connectivity index (χ2n) is 6.02. The summed E-state index contributed by atoms with van der Waals surface area (Å²) >= 11 is 0. The Balaban J connectivity index is 1.73. The van der Waals surface area contributed by atoms with Crippen LogP contribution in [-0.4, -0.2) is 11.7 Å². The van der Waals surface area contributed by atoms with Crippen LogP contribution in [0.15, 0.2) is 60.7 Å². The topological polar surface area (TPSA) is 26.2 Å². The van der Waals surface area contributed by atoms with Gasteiger partial charge in [0.05, 0.1) is 7.11 Å². The van der Waals surface area contributed by atoms with Gasteiger partial charge < -0.3 is 14.6 Å².